The summed E-state index contributed by atoms with van der Waals surface area (Å²) >= 11 is 1.39. The van der Waals surface area contributed by atoms with Crippen LogP contribution in [0.15, 0.2) is 12.5 Å². The van der Waals surface area contributed by atoms with Gasteiger partial charge in [0.05, 0.1) is 6.54 Å². The van der Waals surface area contributed by atoms with E-state index < -0.39 is 0 Å². The van der Waals surface area contributed by atoms with Gasteiger partial charge < -0.3 is 5.73 Å². The van der Waals surface area contributed by atoms with Crippen LogP contribution in [0.4, 0.5) is 5.13 Å². The van der Waals surface area contributed by atoms with Gasteiger partial charge in [0.1, 0.15) is 12.4 Å². The van der Waals surface area contributed by atoms with E-state index in [9.17, 15) is 0 Å². The van der Waals surface area contributed by atoms with Crippen molar-refractivity contribution >= 4 is 16.5 Å². The minimum absolute atomic E-state index is 0.169. The average Bonchev–Trinajstić information content (AvgIpc) is 2.76. The number of nitriles is 1. The molecule has 0 atom stereocenters. The molecule has 6 nitrogen and oxygen atoms in total. The van der Waals surface area contributed by atoms with E-state index in [1.54, 1.807) is 10.9 Å². The summed E-state index contributed by atoms with van der Waals surface area (Å²) < 4.78 is 1.57. The smallest absolute Gasteiger partial charge is 0.252 e. The number of rotatable bonds is 2. The van der Waals surface area contributed by atoms with E-state index in [1.165, 1.54) is 17.7 Å². The van der Waals surface area contributed by atoms with Crippen molar-refractivity contribution in [1.82, 2.24) is 19.7 Å². The zero-order valence-corrected chi connectivity index (χ0v) is 7.90. The van der Waals surface area contributed by atoms with E-state index in [1.807, 2.05) is 6.07 Å². The van der Waals surface area contributed by atoms with Crippen LogP contribution in [-0.4, -0.2) is 19.7 Å². The van der Waals surface area contributed by atoms with E-state index in [0.29, 0.717) is 11.7 Å². The maximum atomic E-state index is 8.50. The molecule has 2 aromatic heterocycles. The molecule has 0 aromatic carbocycles. The lowest BCUT2D eigenvalue weighted by atomic mass is 10.5. The van der Waals surface area contributed by atoms with Gasteiger partial charge in [-0.25, -0.2) is 14.6 Å². The molecule has 2 aromatic rings. The Labute approximate surface area is 83.6 Å². The molecule has 2 rings (SSSR count). The number of hydrogen-bond donors (Lipinski definition) is 1. The predicted molar refractivity (Wildman–Crippen MR) is 50.4 cm³/mol. The predicted octanol–water partition coefficient (Wildman–Crippen LogP) is 0.237. The molecular weight excluding hydrogens is 200 g/mol. The number of nitrogens with two attached hydrogens (primary N) is 1. The molecule has 0 saturated heterocycles. The Bertz CT molecular complexity index is 478. The van der Waals surface area contributed by atoms with Crippen molar-refractivity contribution in [1.29, 1.82) is 5.26 Å². The van der Waals surface area contributed by atoms with Gasteiger partial charge in [0.15, 0.2) is 5.13 Å². The molecule has 0 aliphatic heterocycles. The summed E-state index contributed by atoms with van der Waals surface area (Å²) in [5.74, 6) is 0.169. The fraction of sp³-hybridized carbons (Fsp3) is 0.143. The summed E-state index contributed by atoms with van der Waals surface area (Å²) in [5, 5.41) is 12.9. The monoisotopic (exact) mass is 206 g/mol. The van der Waals surface area contributed by atoms with Crippen molar-refractivity contribution < 1.29 is 0 Å². The van der Waals surface area contributed by atoms with Gasteiger partial charge in [-0.1, -0.05) is 0 Å². The molecule has 0 radical (unpaired) electrons. The van der Waals surface area contributed by atoms with Crippen molar-refractivity contribution in [2.24, 2.45) is 0 Å². The Morgan fingerprint density at radius 2 is 2.43 bits per heavy atom. The molecule has 0 amide bonds. The summed E-state index contributed by atoms with van der Waals surface area (Å²) in [7, 11) is 0. The molecule has 0 unspecified atom stereocenters. The molecule has 7 heteroatoms. The molecule has 0 saturated carbocycles. The summed E-state index contributed by atoms with van der Waals surface area (Å²) in [6.45, 7) is 0.545. The third-order valence-electron chi connectivity index (χ3n) is 1.53. The first-order valence-electron chi connectivity index (χ1n) is 3.77. The quantitative estimate of drug-likeness (QED) is 0.759. The van der Waals surface area contributed by atoms with Gasteiger partial charge >= 0.3 is 0 Å². The molecule has 0 spiro atoms. The van der Waals surface area contributed by atoms with Crippen molar-refractivity contribution in [2.45, 2.75) is 6.54 Å². The zero-order valence-electron chi connectivity index (χ0n) is 7.08. The van der Waals surface area contributed by atoms with Crippen LogP contribution in [0.3, 0.4) is 0 Å². The molecule has 0 bridgehead atoms. The molecule has 2 N–H and O–H groups in total. The van der Waals surface area contributed by atoms with Gasteiger partial charge in [-0.05, 0) is 0 Å². The van der Waals surface area contributed by atoms with Gasteiger partial charge in [0.2, 0.25) is 0 Å². The fourth-order valence-electron chi connectivity index (χ4n) is 0.977. The number of anilines is 1. The zero-order chi connectivity index (χ0) is 9.97. The van der Waals surface area contributed by atoms with Crippen LogP contribution in [0.5, 0.6) is 0 Å². The molecule has 14 heavy (non-hydrogen) atoms. The minimum Gasteiger partial charge on any atom is -0.375 e. The molecule has 0 aliphatic rings. The van der Waals surface area contributed by atoms with E-state index in [-0.39, 0.29) is 5.82 Å². The highest BCUT2D eigenvalue weighted by atomic mass is 32.1. The lowest BCUT2D eigenvalue weighted by Gasteiger charge is -1.93. The number of thiazole rings is 1. The van der Waals surface area contributed by atoms with E-state index in [2.05, 4.69) is 15.1 Å². The Kier molecular flexibility index (Phi) is 2.12. The average molecular weight is 206 g/mol. The summed E-state index contributed by atoms with van der Waals surface area (Å²) in [4.78, 5) is 8.67. The van der Waals surface area contributed by atoms with Crippen LogP contribution in [0.1, 0.15) is 10.7 Å². The molecule has 2 heterocycles. The lowest BCUT2D eigenvalue weighted by Crippen LogP contribution is -1.98. The van der Waals surface area contributed by atoms with Crippen LogP contribution in [0.25, 0.3) is 0 Å². The van der Waals surface area contributed by atoms with Gasteiger partial charge in [0, 0.05) is 11.1 Å². The SMILES string of the molecule is N#Cc1ncn(Cc2cnc(N)s2)n1. The van der Waals surface area contributed by atoms with Gasteiger partial charge in [-0.3, -0.25) is 0 Å². The highest BCUT2D eigenvalue weighted by Gasteiger charge is 2.02. The Balaban J connectivity index is 2.15. The molecule has 70 valence electrons. The van der Waals surface area contributed by atoms with Gasteiger partial charge in [-0.15, -0.1) is 16.4 Å². The first kappa shape index (κ1) is 8.65. The molecule has 0 aliphatic carbocycles. The maximum absolute atomic E-state index is 8.50. The third-order valence-corrected chi connectivity index (χ3v) is 2.34. The highest BCUT2D eigenvalue weighted by molar-refractivity contribution is 7.15. The second-order valence-electron chi connectivity index (χ2n) is 2.54. The number of aromatic nitrogens is 4. The van der Waals surface area contributed by atoms with Gasteiger partial charge in [0.25, 0.3) is 5.82 Å². The normalized spacial score (nSPS) is 9.93. The van der Waals surface area contributed by atoms with E-state index >= 15 is 0 Å². The lowest BCUT2D eigenvalue weighted by molar-refractivity contribution is 0.689. The van der Waals surface area contributed by atoms with Crippen molar-refractivity contribution in [3.63, 3.8) is 0 Å². The van der Waals surface area contributed by atoms with Crippen LogP contribution in [0.2, 0.25) is 0 Å². The Morgan fingerprint density at radius 3 is 3.00 bits per heavy atom. The second-order valence-corrected chi connectivity index (χ2v) is 3.69. The topological polar surface area (TPSA) is 93.4 Å². The summed E-state index contributed by atoms with van der Waals surface area (Å²) in [6.07, 6.45) is 3.20. The van der Waals surface area contributed by atoms with Crippen molar-refractivity contribution in [2.75, 3.05) is 5.73 Å². The van der Waals surface area contributed by atoms with Crippen molar-refractivity contribution in [3.8, 4) is 6.07 Å². The Hall–Kier alpha value is -1.94. The maximum Gasteiger partial charge on any atom is 0.252 e. The van der Waals surface area contributed by atoms with Crippen LogP contribution >= 0.6 is 11.3 Å². The van der Waals surface area contributed by atoms with Crippen LogP contribution in [-0.2, 0) is 6.54 Å². The highest BCUT2D eigenvalue weighted by Crippen LogP contribution is 2.14. The van der Waals surface area contributed by atoms with Crippen molar-refractivity contribution in [3.05, 3.63) is 23.2 Å². The summed E-state index contributed by atoms with van der Waals surface area (Å²) in [5.41, 5.74) is 5.47. The van der Waals surface area contributed by atoms with Crippen LogP contribution in [0, 0.1) is 11.3 Å². The minimum atomic E-state index is 0.169. The number of nitrogens with zero attached hydrogens (tertiary/aromatic N) is 5. The third kappa shape index (κ3) is 1.70. The standard InChI is InChI=1S/C7H6N6S/c8-1-6-11-4-13(12-6)3-5-2-10-7(9)14-5/h2,4H,3H2,(H2,9,10). The first-order valence-corrected chi connectivity index (χ1v) is 4.59. The summed E-state index contributed by atoms with van der Waals surface area (Å²) in [6, 6.07) is 1.86. The first-order chi connectivity index (χ1) is 6.78. The fourth-order valence-corrected chi connectivity index (χ4v) is 1.65. The Morgan fingerprint density at radius 1 is 1.57 bits per heavy atom. The number of hydrogen-bond acceptors (Lipinski definition) is 6. The molecule has 0 fully saturated rings. The molecular formula is C7H6N6S. The van der Waals surface area contributed by atoms with E-state index in [4.69, 9.17) is 11.0 Å². The number of nitrogen functional groups attached to an aromatic ring is 1. The van der Waals surface area contributed by atoms with E-state index in [0.717, 1.165) is 4.88 Å². The van der Waals surface area contributed by atoms with Gasteiger partial charge in [-0.2, -0.15) is 5.26 Å². The second kappa shape index (κ2) is 3.43. The largest absolute Gasteiger partial charge is 0.375 e. The van der Waals surface area contributed by atoms with Crippen LogP contribution < -0.4 is 5.73 Å².